The molecule has 0 aliphatic rings. The monoisotopic (exact) mass is 328 g/mol. The van der Waals surface area contributed by atoms with Gasteiger partial charge < -0.3 is 10.6 Å². The highest BCUT2D eigenvalue weighted by Crippen LogP contribution is 2.18. The van der Waals surface area contributed by atoms with Gasteiger partial charge >= 0.3 is 6.03 Å². The van der Waals surface area contributed by atoms with Crippen LogP contribution in [0.25, 0.3) is 10.9 Å². The Morgan fingerprint density at radius 2 is 2.13 bits per heavy atom. The number of fused-ring (bicyclic) bond motifs is 1. The molecule has 3 aromatic rings. The molecule has 0 saturated heterocycles. The summed E-state index contributed by atoms with van der Waals surface area (Å²) in [5, 5.41) is 14.3. The smallest absolute Gasteiger partial charge is 0.319 e. The van der Waals surface area contributed by atoms with Gasteiger partial charge in [-0.1, -0.05) is 29.8 Å². The van der Waals surface area contributed by atoms with Crippen molar-refractivity contribution in [3.05, 3.63) is 59.2 Å². The molecule has 1 aromatic heterocycles. The Morgan fingerprint density at radius 1 is 1.30 bits per heavy atom. The molecule has 1 unspecified atom stereocenters. The first-order chi connectivity index (χ1) is 11.1. The minimum Gasteiger partial charge on any atom is -0.335 e. The van der Waals surface area contributed by atoms with Crippen molar-refractivity contribution in [3.63, 3.8) is 0 Å². The fourth-order valence-electron chi connectivity index (χ4n) is 2.45. The van der Waals surface area contributed by atoms with Crippen molar-refractivity contribution < 1.29 is 4.79 Å². The summed E-state index contributed by atoms with van der Waals surface area (Å²) in [7, 11) is 0. The molecule has 3 N–H and O–H groups in total. The zero-order valence-electron chi connectivity index (χ0n) is 12.6. The SMILES string of the molecule is CC(Cc1ccccc1Cl)NC(=O)Nc1ccc2cn[nH]c2c1. The lowest BCUT2D eigenvalue weighted by Crippen LogP contribution is -2.37. The Morgan fingerprint density at radius 3 is 2.96 bits per heavy atom. The molecule has 0 aliphatic carbocycles. The third-order valence-corrected chi connectivity index (χ3v) is 3.93. The maximum absolute atomic E-state index is 12.1. The van der Waals surface area contributed by atoms with E-state index in [1.54, 1.807) is 6.20 Å². The van der Waals surface area contributed by atoms with Crippen LogP contribution in [-0.4, -0.2) is 22.3 Å². The van der Waals surface area contributed by atoms with Gasteiger partial charge in [-0.15, -0.1) is 0 Å². The largest absolute Gasteiger partial charge is 0.335 e. The van der Waals surface area contributed by atoms with E-state index in [-0.39, 0.29) is 12.1 Å². The van der Waals surface area contributed by atoms with E-state index in [1.807, 2.05) is 49.4 Å². The highest BCUT2D eigenvalue weighted by molar-refractivity contribution is 6.31. The van der Waals surface area contributed by atoms with Crippen molar-refractivity contribution >= 4 is 34.2 Å². The fraction of sp³-hybridized carbons (Fsp3) is 0.176. The van der Waals surface area contributed by atoms with Crippen LogP contribution in [0, 0.1) is 0 Å². The van der Waals surface area contributed by atoms with Crippen molar-refractivity contribution in [3.8, 4) is 0 Å². The molecule has 3 rings (SSSR count). The maximum atomic E-state index is 12.1. The van der Waals surface area contributed by atoms with E-state index >= 15 is 0 Å². The van der Waals surface area contributed by atoms with E-state index in [1.165, 1.54) is 0 Å². The second-order valence-electron chi connectivity index (χ2n) is 5.47. The Bertz CT molecular complexity index is 830. The van der Waals surface area contributed by atoms with Crippen LogP contribution in [0.15, 0.2) is 48.7 Å². The molecule has 2 amide bonds. The number of urea groups is 1. The molecular formula is C17H17ClN4O. The molecule has 1 atom stereocenters. The number of aromatic nitrogens is 2. The van der Waals surface area contributed by atoms with E-state index in [9.17, 15) is 4.79 Å². The summed E-state index contributed by atoms with van der Waals surface area (Å²) in [5.41, 5.74) is 2.61. The van der Waals surface area contributed by atoms with Gasteiger partial charge in [-0.25, -0.2) is 4.79 Å². The molecule has 118 valence electrons. The van der Waals surface area contributed by atoms with Gasteiger partial charge in [0, 0.05) is 22.1 Å². The molecule has 0 saturated carbocycles. The number of amides is 2. The number of H-pyrrole nitrogens is 1. The first-order valence-corrected chi connectivity index (χ1v) is 7.73. The number of halogens is 1. The fourth-order valence-corrected chi connectivity index (χ4v) is 2.66. The zero-order valence-corrected chi connectivity index (χ0v) is 13.4. The molecule has 2 aromatic carbocycles. The Balaban J connectivity index is 1.59. The summed E-state index contributed by atoms with van der Waals surface area (Å²) < 4.78 is 0. The number of carbonyl (C=O) groups excluding carboxylic acids is 1. The predicted octanol–water partition coefficient (Wildman–Crippen LogP) is 3.97. The van der Waals surface area contributed by atoms with E-state index < -0.39 is 0 Å². The highest BCUT2D eigenvalue weighted by Gasteiger charge is 2.10. The molecular weight excluding hydrogens is 312 g/mol. The molecule has 0 bridgehead atoms. The van der Waals surface area contributed by atoms with E-state index in [4.69, 9.17) is 11.6 Å². The van der Waals surface area contributed by atoms with Crippen molar-refractivity contribution in [2.24, 2.45) is 0 Å². The summed E-state index contributed by atoms with van der Waals surface area (Å²) in [6.07, 6.45) is 2.41. The number of rotatable bonds is 4. The third kappa shape index (κ3) is 3.81. The Hall–Kier alpha value is -2.53. The number of nitrogens with one attached hydrogen (secondary N) is 3. The summed E-state index contributed by atoms with van der Waals surface area (Å²) >= 11 is 6.14. The van der Waals surface area contributed by atoms with Gasteiger partial charge in [0.2, 0.25) is 0 Å². The van der Waals surface area contributed by atoms with Crippen molar-refractivity contribution in [1.29, 1.82) is 0 Å². The van der Waals surface area contributed by atoms with Crippen molar-refractivity contribution in [2.75, 3.05) is 5.32 Å². The van der Waals surface area contributed by atoms with Gasteiger partial charge in [0.05, 0.1) is 11.7 Å². The number of benzene rings is 2. The molecule has 0 radical (unpaired) electrons. The van der Waals surface area contributed by atoms with Crippen LogP contribution in [0.4, 0.5) is 10.5 Å². The van der Waals surface area contributed by atoms with E-state index in [0.29, 0.717) is 17.1 Å². The summed E-state index contributed by atoms with van der Waals surface area (Å²) in [5.74, 6) is 0. The molecule has 0 aliphatic heterocycles. The number of hydrogen-bond acceptors (Lipinski definition) is 2. The zero-order chi connectivity index (χ0) is 16.2. The Kier molecular flexibility index (Phi) is 4.48. The Labute approximate surface area is 139 Å². The molecule has 0 fully saturated rings. The van der Waals surface area contributed by atoms with Crippen molar-refractivity contribution in [2.45, 2.75) is 19.4 Å². The van der Waals surface area contributed by atoms with Crippen LogP contribution in [-0.2, 0) is 6.42 Å². The van der Waals surface area contributed by atoms with Gasteiger partial charge in [0.25, 0.3) is 0 Å². The number of aromatic amines is 1. The predicted molar refractivity (Wildman–Crippen MR) is 92.9 cm³/mol. The van der Waals surface area contributed by atoms with Crippen molar-refractivity contribution in [1.82, 2.24) is 15.5 Å². The molecule has 0 spiro atoms. The summed E-state index contributed by atoms with van der Waals surface area (Å²) in [4.78, 5) is 12.1. The standard InChI is InChI=1S/C17H17ClN4O/c1-11(8-12-4-2-3-5-15(12)18)20-17(23)21-14-7-6-13-10-19-22-16(13)9-14/h2-7,9-11H,8H2,1H3,(H,19,22)(H2,20,21,23). The first kappa shape index (κ1) is 15.4. The number of carbonyl (C=O) groups is 1. The van der Waals surface area contributed by atoms with Gasteiger partial charge in [-0.3, -0.25) is 5.10 Å². The number of anilines is 1. The second-order valence-corrected chi connectivity index (χ2v) is 5.87. The van der Waals surface area contributed by atoms with Gasteiger partial charge in [0.15, 0.2) is 0 Å². The van der Waals surface area contributed by atoms with Gasteiger partial charge in [-0.05, 0) is 43.2 Å². The topological polar surface area (TPSA) is 69.8 Å². The summed E-state index contributed by atoms with van der Waals surface area (Å²) in [6.45, 7) is 1.95. The lowest BCUT2D eigenvalue weighted by Gasteiger charge is -2.15. The quantitative estimate of drug-likeness (QED) is 0.678. The number of hydrogen-bond donors (Lipinski definition) is 3. The van der Waals surface area contributed by atoms with Crippen LogP contribution >= 0.6 is 11.6 Å². The van der Waals surface area contributed by atoms with Crippen LogP contribution in [0.5, 0.6) is 0 Å². The highest BCUT2D eigenvalue weighted by atomic mass is 35.5. The molecule has 5 nitrogen and oxygen atoms in total. The lowest BCUT2D eigenvalue weighted by atomic mass is 10.1. The average Bonchev–Trinajstić information content (AvgIpc) is 2.97. The van der Waals surface area contributed by atoms with Crippen LogP contribution in [0.1, 0.15) is 12.5 Å². The van der Waals surface area contributed by atoms with E-state index in [0.717, 1.165) is 16.5 Å². The number of nitrogens with zero attached hydrogens (tertiary/aromatic N) is 1. The minimum absolute atomic E-state index is 0.0363. The lowest BCUT2D eigenvalue weighted by molar-refractivity contribution is 0.249. The minimum atomic E-state index is -0.247. The summed E-state index contributed by atoms with van der Waals surface area (Å²) in [6, 6.07) is 13.0. The van der Waals surface area contributed by atoms with Crippen LogP contribution < -0.4 is 10.6 Å². The molecule has 23 heavy (non-hydrogen) atoms. The average molecular weight is 329 g/mol. The normalized spacial score (nSPS) is 12.1. The van der Waals surface area contributed by atoms with Crippen LogP contribution in [0.3, 0.4) is 0 Å². The van der Waals surface area contributed by atoms with E-state index in [2.05, 4.69) is 20.8 Å². The molecule has 1 heterocycles. The van der Waals surface area contributed by atoms with Gasteiger partial charge in [0.1, 0.15) is 0 Å². The second kappa shape index (κ2) is 6.71. The molecule has 6 heteroatoms. The van der Waals surface area contributed by atoms with Gasteiger partial charge in [-0.2, -0.15) is 5.10 Å². The first-order valence-electron chi connectivity index (χ1n) is 7.36. The maximum Gasteiger partial charge on any atom is 0.319 e. The third-order valence-electron chi connectivity index (χ3n) is 3.56. The van der Waals surface area contributed by atoms with Crippen LogP contribution in [0.2, 0.25) is 5.02 Å².